The van der Waals surface area contributed by atoms with Gasteiger partial charge in [0.25, 0.3) is 5.56 Å². The highest BCUT2D eigenvalue weighted by Gasteiger charge is 2.12. The van der Waals surface area contributed by atoms with Crippen LogP contribution in [0.4, 0.5) is 5.69 Å². The van der Waals surface area contributed by atoms with Crippen LogP contribution in [-0.2, 0) is 11.3 Å². The maximum atomic E-state index is 11.7. The summed E-state index contributed by atoms with van der Waals surface area (Å²) in [5.74, 6) is 0. The predicted octanol–water partition coefficient (Wildman–Crippen LogP) is 0.266. The van der Waals surface area contributed by atoms with Gasteiger partial charge in [0.1, 0.15) is 0 Å². The summed E-state index contributed by atoms with van der Waals surface area (Å²) in [6.07, 6.45) is 3.37. The van der Waals surface area contributed by atoms with E-state index in [1.54, 1.807) is 18.3 Å². The van der Waals surface area contributed by atoms with E-state index in [9.17, 15) is 4.79 Å². The van der Waals surface area contributed by atoms with Crippen LogP contribution in [0.5, 0.6) is 0 Å². The van der Waals surface area contributed by atoms with Gasteiger partial charge in [-0.25, -0.2) is 4.68 Å². The minimum Gasteiger partial charge on any atom is -0.378 e. The number of ether oxygens (including phenoxy) is 1. The van der Waals surface area contributed by atoms with E-state index in [1.807, 2.05) is 0 Å². The summed E-state index contributed by atoms with van der Waals surface area (Å²) in [5, 5.41) is 4.09. The zero-order valence-corrected chi connectivity index (χ0v) is 9.13. The molecule has 86 valence electrons. The lowest BCUT2D eigenvalue weighted by atomic mass is 10.3. The molecule has 1 fully saturated rings. The van der Waals surface area contributed by atoms with Gasteiger partial charge in [-0.15, -0.1) is 6.58 Å². The molecule has 0 bridgehead atoms. The van der Waals surface area contributed by atoms with Crippen molar-refractivity contribution in [1.29, 1.82) is 0 Å². The van der Waals surface area contributed by atoms with Gasteiger partial charge in [0.15, 0.2) is 0 Å². The number of hydrogen-bond acceptors (Lipinski definition) is 4. The van der Waals surface area contributed by atoms with Gasteiger partial charge in [-0.3, -0.25) is 4.79 Å². The van der Waals surface area contributed by atoms with Crippen molar-refractivity contribution in [2.24, 2.45) is 0 Å². The lowest BCUT2D eigenvalue weighted by Gasteiger charge is -2.28. The van der Waals surface area contributed by atoms with Crippen LogP contribution in [0.3, 0.4) is 0 Å². The smallest absolute Gasteiger partial charge is 0.269 e. The van der Waals surface area contributed by atoms with Crippen LogP contribution in [-0.4, -0.2) is 36.1 Å². The zero-order valence-electron chi connectivity index (χ0n) is 9.13. The number of allylic oxidation sites excluding steroid dienone is 1. The van der Waals surface area contributed by atoms with E-state index in [4.69, 9.17) is 4.74 Å². The topological polar surface area (TPSA) is 47.4 Å². The van der Waals surface area contributed by atoms with Gasteiger partial charge in [0.2, 0.25) is 0 Å². The SMILES string of the molecule is C=CCn1ncc(N2CCOCC2)cc1=O. The van der Waals surface area contributed by atoms with Crippen molar-refractivity contribution in [3.8, 4) is 0 Å². The molecule has 1 saturated heterocycles. The van der Waals surface area contributed by atoms with E-state index in [0.29, 0.717) is 19.8 Å². The molecule has 0 N–H and O–H groups in total. The van der Waals surface area contributed by atoms with Crippen LogP contribution in [0.25, 0.3) is 0 Å². The van der Waals surface area contributed by atoms with Gasteiger partial charge < -0.3 is 9.64 Å². The number of hydrogen-bond donors (Lipinski definition) is 0. The standard InChI is InChI=1S/C11H15N3O2/c1-2-3-14-11(15)8-10(9-12-14)13-4-6-16-7-5-13/h2,8-9H,1,3-7H2. The molecule has 2 heterocycles. The molecule has 0 unspecified atom stereocenters. The predicted molar refractivity (Wildman–Crippen MR) is 61.7 cm³/mol. The van der Waals surface area contributed by atoms with Crippen molar-refractivity contribution in [1.82, 2.24) is 9.78 Å². The van der Waals surface area contributed by atoms with E-state index in [2.05, 4.69) is 16.6 Å². The average molecular weight is 221 g/mol. The first-order chi connectivity index (χ1) is 7.81. The Hall–Kier alpha value is -1.62. The van der Waals surface area contributed by atoms with Gasteiger partial charge in [-0.1, -0.05) is 6.08 Å². The van der Waals surface area contributed by atoms with E-state index in [0.717, 1.165) is 18.8 Å². The monoisotopic (exact) mass is 221 g/mol. The summed E-state index contributed by atoms with van der Waals surface area (Å²) >= 11 is 0. The quantitative estimate of drug-likeness (QED) is 0.687. The molecule has 1 aromatic heterocycles. The molecule has 1 aromatic rings. The average Bonchev–Trinajstić information content (AvgIpc) is 2.33. The highest BCUT2D eigenvalue weighted by Crippen LogP contribution is 2.11. The lowest BCUT2D eigenvalue weighted by molar-refractivity contribution is 0.122. The summed E-state index contributed by atoms with van der Waals surface area (Å²) in [5.41, 5.74) is 0.775. The fraction of sp³-hybridized carbons (Fsp3) is 0.455. The minimum absolute atomic E-state index is 0.0936. The Morgan fingerprint density at radius 3 is 2.88 bits per heavy atom. The second kappa shape index (κ2) is 4.94. The normalized spacial score (nSPS) is 16.1. The molecule has 0 spiro atoms. The zero-order chi connectivity index (χ0) is 11.4. The van der Waals surface area contributed by atoms with Crippen molar-refractivity contribution in [2.45, 2.75) is 6.54 Å². The Morgan fingerprint density at radius 2 is 2.25 bits per heavy atom. The molecule has 0 radical (unpaired) electrons. The molecule has 0 saturated carbocycles. The molecular weight excluding hydrogens is 206 g/mol. The van der Waals surface area contributed by atoms with Crippen LogP contribution in [0.15, 0.2) is 29.7 Å². The first kappa shape index (κ1) is 10.9. The van der Waals surface area contributed by atoms with Crippen LogP contribution in [0, 0.1) is 0 Å². The Morgan fingerprint density at radius 1 is 1.50 bits per heavy atom. The molecule has 0 aromatic carbocycles. The van der Waals surface area contributed by atoms with E-state index >= 15 is 0 Å². The number of nitrogens with zero attached hydrogens (tertiary/aromatic N) is 3. The molecular formula is C11H15N3O2. The van der Waals surface area contributed by atoms with E-state index in [-0.39, 0.29) is 5.56 Å². The van der Waals surface area contributed by atoms with E-state index < -0.39 is 0 Å². The number of anilines is 1. The van der Waals surface area contributed by atoms with Crippen molar-refractivity contribution >= 4 is 5.69 Å². The van der Waals surface area contributed by atoms with E-state index in [1.165, 1.54) is 4.68 Å². The molecule has 2 rings (SSSR count). The van der Waals surface area contributed by atoms with Crippen molar-refractivity contribution in [3.63, 3.8) is 0 Å². The third-order valence-electron chi connectivity index (χ3n) is 2.53. The Kier molecular flexibility index (Phi) is 3.36. The molecule has 0 atom stereocenters. The summed E-state index contributed by atoms with van der Waals surface area (Å²) in [6, 6.07) is 1.61. The van der Waals surface area contributed by atoms with Gasteiger partial charge >= 0.3 is 0 Å². The van der Waals surface area contributed by atoms with Crippen LogP contribution in [0.1, 0.15) is 0 Å². The summed E-state index contributed by atoms with van der Waals surface area (Å²) in [7, 11) is 0. The highest BCUT2D eigenvalue weighted by molar-refractivity contribution is 5.43. The summed E-state index contributed by atoms with van der Waals surface area (Å²) in [4.78, 5) is 13.8. The van der Waals surface area contributed by atoms with Crippen molar-refractivity contribution < 1.29 is 4.74 Å². The fourth-order valence-electron chi connectivity index (χ4n) is 1.68. The Balaban J connectivity index is 2.19. The van der Waals surface area contributed by atoms with Gasteiger partial charge in [-0.05, 0) is 0 Å². The minimum atomic E-state index is -0.0936. The fourth-order valence-corrected chi connectivity index (χ4v) is 1.68. The number of morpholine rings is 1. The number of rotatable bonds is 3. The maximum Gasteiger partial charge on any atom is 0.269 e. The number of aromatic nitrogens is 2. The molecule has 5 heteroatoms. The van der Waals surface area contributed by atoms with Crippen molar-refractivity contribution in [2.75, 3.05) is 31.2 Å². The van der Waals surface area contributed by atoms with Crippen LogP contribution >= 0.6 is 0 Å². The van der Waals surface area contributed by atoms with Gasteiger partial charge in [0, 0.05) is 19.2 Å². The Bertz CT molecular complexity index is 421. The largest absolute Gasteiger partial charge is 0.378 e. The molecule has 0 amide bonds. The van der Waals surface area contributed by atoms with Gasteiger partial charge in [0.05, 0.1) is 31.6 Å². The van der Waals surface area contributed by atoms with Gasteiger partial charge in [-0.2, -0.15) is 5.10 Å². The molecule has 1 aliphatic rings. The van der Waals surface area contributed by atoms with Crippen LogP contribution < -0.4 is 10.5 Å². The summed E-state index contributed by atoms with van der Waals surface area (Å²) < 4.78 is 6.64. The molecule has 0 aliphatic carbocycles. The van der Waals surface area contributed by atoms with Crippen molar-refractivity contribution in [3.05, 3.63) is 35.3 Å². The second-order valence-electron chi connectivity index (χ2n) is 3.62. The molecule has 16 heavy (non-hydrogen) atoms. The molecule has 5 nitrogen and oxygen atoms in total. The maximum absolute atomic E-state index is 11.7. The first-order valence-electron chi connectivity index (χ1n) is 5.32. The summed E-state index contributed by atoms with van der Waals surface area (Å²) in [6.45, 7) is 7.06. The third kappa shape index (κ3) is 2.30. The van der Waals surface area contributed by atoms with Crippen LogP contribution in [0.2, 0.25) is 0 Å². The lowest BCUT2D eigenvalue weighted by Crippen LogP contribution is -2.37. The first-order valence-corrected chi connectivity index (χ1v) is 5.32. The molecule has 1 aliphatic heterocycles. The Labute approximate surface area is 93.9 Å². The third-order valence-corrected chi connectivity index (χ3v) is 2.53. The second-order valence-corrected chi connectivity index (χ2v) is 3.62. The highest BCUT2D eigenvalue weighted by atomic mass is 16.5.